The molecule has 6 nitrogen and oxygen atoms in total. The topological polar surface area (TPSA) is 73.6 Å². The maximum Gasteiger partial charge on any atom is 0.393 e. The van der Waals surface area contributed by atoms with E-state index in [9.17, 15) is 18.0 Å². The van der Waals surface area contributed by atoms with Crippen molar-refractivity contribution in [3.63, 3.8) is 0 Å². The van der Waals surface area contributed by atoms with Crippen molar-refractivity contribution in [2.45, 2.75) is 68.5 Å². The Morgan fingerprint density at radius 3 is 2.60 bits per heavy atom. The summed E-state index contributed by atoms with van der Waals surface area (Å²) in [6.07, 6.45) is -0.944. The average molecular weight is 452 g/mol. The molecule has 4 fully saturated rings. The fourth-order valence-corrected chi connectivity index (χ4v) is 6.29. The van der Waals surface area contributed by atoms with Gasteiger partial charge in [0.25, 0.3) is 0 Å². The van der Waals surface area contributed by atoms with E-state index >= 15 is 0 Å². The van der Waals surface area contributed by atoms with E-state index in [-0.39, 0.29) is 36.6 Å². The van der Waals surface area contributed by atoms with Crippen molar-refractivity contribution >= 4 is 17.5 Å². The lowest BCUT2D eigenvalue weighted by Crippen LogP contribution is -2.72. The average Bonchev–Trinajstić information content (AvgIpc) is 3.35. The van der Waals surface area contributed by atoms with Gasteiger partial charge in [0, 0.05) is 38.0 Å². The number of nitrogens with one attached hydrogen (secondary N) is 2. The Morgan fingerprint density at radius 1 is 1.20 bits per heavy atom. The number of hydrogen-bond donors (Lipinski definition) is 3. The van der Waals surface area contributed by atoms with E-state index in [0.29, 0.717) is 38.3 Å². The summed E-state index contributed by atoms with van der Waals surface area (Å²) in [7, 11) is 0. The lowest BCUT2D eigenvalue weighted by Gasteiger charge is -2.49. The first kappa shape index (κ1) is 22.6. The number of halogens is 4. The highest BCUT2D eigenvalue weighted by Gasteiger charge is 2.49. The van der Waals surface area contributed by atoms with E-state index < -0.39 is 17.5 Å². The van der Waals surface area contributed by atoms with Crippen LogP contribution >= 0.6 is 11.6 Å². The Kier molecular flexibility index (Phi) is 6.85. The van der Waals surface area contributed by atoms with Gasteiger partial charge in [-0.3, -0.25) is 20.3 Å². The van der Waals surface area contributed by atoms with Gasteiger partial charge in [0.1, 0.15) is 0 Å². The summed E-state index contributed by atoms with van der Waals surface area (Å²) >= 11 is 6.18. The summed E-state index contributed by atoms with van der Waals surface area (Å²) in [5.41, 5.74) is 5.88. The van der Waals surface area contributed by atoms with Crippen LogP contribution in [0.25, 0.3) is 0 Å². The van der Waals surface area contributed by atoms with Gasteiger partial charge in [0.15, 0.2) is 0 Å². The van der Waals surface area contributed by atoms with Gasteiger partial charge in [-0.25, -0.2) is 0 Å². The van der Waals surface area contributed by atoms with E-state index in [1.54, 1.807) is 0 Å². The summed E-state index contributed by atoms with van der Waals surface area (Å²) < 4.78 is 39.6. The molecule has 0 radical (unpaired) electrons. The first-order chi connectivity index (χ1) is 14.3. The number of nitrogens with two attached hydrogens (primary N) is 1. The number of rotatable bonds is 4. The molecule has 3 saturated heterocycles. The van der Waals surface area contributed by atoms with Crippen LogP contribution in [0.1, 0.15) is 38.5 Å². The predicted octanol–water partition coefficient (Wildman–Crippen LogP) is 1.69. The monoisotopic (exact) mass is 451 g/mol. The molecule has 4 rings (SSSR count). The Hall–Kier alpha value is -0.610. The molecule has 0 aromatic carbocycles. The Balaban J connectivity index is 1.45. The molecule has 1 amide bonds. The third-order valence-corrected chi connectivity index (χ3v) is 8.00. The molecule has 0 bridgehead atoms. The Bertz CT molecular complexity index is 624. The second-order valence-electron chi connectivity index (χ2n) is 9.38. The summed E-state index contributed by atoms with van der Waals surface area (Å²) in [5, 5.41) is 6.27. The molecule has 7 atom stereocenters. The number of alkyl halides is 4. The highest BCUT2D eigenvalue weighted by atomic mass is 35.5. The Labute approximate surface area is 181 Å². The van der Waals surface area contributed by atoms with Gasteiger partial charge in [-0.2, -0.15) is 13.2 Å². The maximum absolute atomic E-state index is 13.2. The normalized spacial score (nSPS) is 41.6. The molecule has 10 heteroatoms. The molecule has 1 saturated carbocycles. The van der Waals surface area contributed by atoms with E-state index in [4.69, 9.17) is 17.3 Å². The first-order valence-corrected chi connectivity index (χ1v) is 11.7. The van der Waals surface area contributed by atoms with Crippen molar-refractivity contribution < 1.29 is 18.0 Å². The van der Waals surface area contributed by atoms with Gasteiger partial charge in [-0.15, -0.1) is 11.6 Å². The molecule has 172 valence electrons. The van der Waals surface area contributed by atoms with E-state index in [2.05, 4.69) is 15.5 Å². The highest BCUT2D eigenvalue weighted by molar-refractivity contribution is 6.20. The maximum atomic E-state index is 13.2. The van der Waals surface area contributed by atoms with Crippen molar-refractivity contribution in [1.29, 1.82) is 0 Å². The molecule has 0 aromatic heterocycles. The van der Waals surface area contributed by atoms with E-state index in [1.165, 1.54) is 0 Å². The van der Waals surface area contributed by atoms with Crippen LogP contribution in [-0.2, 0) is 4.79 Å². The standard InChI is InChI=1S/C20H33ClF3N5O/c21-15-8-13(3-4-14(15)20(22,23)24)18-26-10-16(29-6-1-2-17(29)30)19(27-18)28-7-5-12(9-25)11-28/h12-16,18-19,26-27H,1-11,25H2. The third-order valence-electron chi connectivity index (χ3n) is 7.52. The van der Waals surface area contributed by atoms with Crippen molar-refractivity contribution in [3.05, 3.63) is 0 Å². The van der Waals surface area contributed by atoms with Crippen LogP contribution in [0, 0.1) is 17.8 Å². The minimum Gasteiger partial charge on any atom is -0.335 e. The van der Waals surface area contributed by atoms with Crippen LogP contribution in [0.2, 0.25) is 0 Å². The zero-order chi connectivity index (χ0) is 21.5. The smallest absolute Gasteiger partial charge is 0.335 e. The van der Waals surface area contributed by atoms with Gasteiger partial charge in [0.05, 0.1) is 24.3 Å². The van der Waals surface area contributed by atoms with Gasteiger partial charge in [-0.1, -0.05) is 0 Å². The summed E-state index contributed by atoms with van der Waals surface area (Å²) in [6.45, 7) is 3.86. The molecule has 1 aliphatic carbocycles. The summed E-state index contributed by atoms with van der Waals surface area (Å²) in [4.78, 5) is 16.8. The van der Waals surface area contributed by atoms with Crippen LogP contribution in [0.15, 0.2) is 0 Å². The van der Waals surface area contributed by atoms with Gasteiger partial charge >= 0.3 is 6.18 Å². The largest absolute Gasteiger partial charge is 0.393 e. The van der Waals surface area contributed by atoms with Gasteiger partial charge < -0.3 is 10.6 Å². The molecule has 30 heavy (non-hydrogen) atoms. The first-order valence-electron chi connectivity index (χ1n) is 11.2. The number of carbonyl (C=O) groups is 1. The minimum atomic E-state index is -4.23. The van der Waals surface area contributed by atoms with Crippen molar-refractivity contribution in [1.82, 2.24) is 20.4 Å². The molecule has 7 unspecified atom stereocenters. The second kappa shape index (κ2) is 9.10. The fourth-order valence-electron chi connectivity index (χ4n) is 5.79. The van der Waals surface area contributed by atoms with Crippen molar-refractivity contribution in [2.75, 3.05) is 32.7 Å². The van der Waals surface area contributed by atoms with Crippen molar-refractivity contribution in [3.8, 4) is 0 Å². The summed E-state index contributed by atoms with van der Waals surface area (Å²) in [5.74, 6) is -0.747. The van der Waals surface area contributed by atoms with Crippen LogP contribution in [0.4, 0.5) is 13.2 Å². The number of hydrogen-bond acceptors (Lipinski definition) is 5. The van der Waals surface area contributed by atoms with Gasteiger partial charge in [0.2, 0.25) is 5.91 Å². The predicted molar refractivity (Wildman–Crippen MR) is 109 cm³/mol. The molecule has 0 spiro atoms. The molecule has 4 N–H and O–H groups in total. The Morgan fingerprint density at radius 2 is 2.00 bits per heavy atom. The van der Waals surface area contributed by atoms with Crippen LogP contribution < -0.4 is 16.4 Å². The fraction of sp³-hybridized carbons (Fsp3) is 0.950. The molecule has 3 heterocycles. The zero-order valence-electron chi connectivity index (χ0n) is 17.2. The third kappa shape index (κ3) is 4.60. The molecule has 0 aromatic rings. The number of nitrogens with zero attached hydrogens (tertiary/aromatic N) is 2. The number of carbonyl (C=O) groups excluding carboxylic acids is 1. The van der Waals surface area contributed by atoms with Crippen LogP contribution in [-0.4, -0.2) is 78.4 Å². The van der Waals surface area contributed by atoms with Crippen LogP contribution in [0.3, 0.4) is 0 Å². The molecule has 4 aliphatic rings. The van der Waals surface area contributed by atoms with Gasteiger partial charge in [-0.05, 0) is 50.5 Å². The van der Waals surface area contributed by atoms with E-state index in [1.807, 2.05) is 4.90 Å². The van der Waals surface area contributed by atoms with Crippen molar-refractivity contribution in [2.24, 2.45) is 23.5 Å². The molecule has 3 aliphatic heterocycles. The SMILES string of the molecule is NCC1CCN(C2NC(C3CCC(C(F)(F)F)C(Cl)C3)NCC2N2CCCC2=O)C1. The quantitative estimate of drug-likeness (QED) is 0.567. The highest BCUT2D eigenvalue weighted by Crippen LogP contribution is 2.43. The minimum absolute atomic E-state index is 0.0102. The molecular formula is C20H33ClF3N5O. The van der Waals surface area contributed by atoms with E-state index in [0.717, 1.165) is 32.5 Å². The van der Waals surface area contributed by atoms with Crippen LogP contribution in [0.5, 0.6) is 0 Å². The zero-order valence-corrected chi connectivity index (χ0v) is 18.0. The molecular weight excluding hydrogens is 419 g/mol. The lowest BCUT2D eigenvalue weighted by atomic mass is 9.79. The second-order valence-corrected chi connectivity index (χ2v) is 9.94. The number of amides is 1. The summed E-state index contributed by atoms with van der Waals surface area (Å²) in [6, 6.07) is 0.0195. The lowest BCUT2D eigenvalue weighted by molar-refractivity contribution is -0.183. The number of likely N-dealkylation sites (tertiary alicyclic amines) is 2.